The van der Waals surface area contributed by atoms with Gasteiger partial charge in [-0.15, -0.1) is 11.3 Å². The maximum absolute atomic E-state index is 13.0. The largest absolute Gasteiger partial charge is 0.375 e. The SMILES string of the molecule is CNCc1cc(S(=O)(=O)N2CCOC3CCCC32)c(C)s1. The van der Waals surface area contributed by atoms with E-state index in [0.29, 0.717) is 24.6 Å². The molecule has 1 aliphatic carbocycles. The number of ether oxygens (including phenoxy) is 1. The van der Waals surface area contributed by atoms with Crippen LogP contribution in [0.5, 0.6) is 0 Å². The van der Waals surface area contributed by atoms with Crippen LogP contribution in [0.2, 0.25) is 0 Å². The molecule has 1 aromatic rings. The van der Waals surface area contributed by atoms with E-state index in [1.807, 2.05) is 20.0 Å². The molecule has 0 amide bonds. The van der Waals surface area contributed by atoms with Gasteiger partial charge in [0.05, 0.1) is 23.6 Å². The number of nitrogens with one attached hydrogen (secondary N) is 1. The zero-order valence-electron chi connectivity index (χ0n) is 12.5. The van der Waals surface area contributed by atoms with Crippen molar-refractivity contribution in [1.29, 1.82) is 0 Å². The van der Waals surface area contributed by atoms with Crippen molar-refractivity contribution < 1.29 is 13.2 Å². The van der Waals surface area contributed by atoms with Gasteiger partial charge in [-0.1, -0.05) is 0 Å². The molecule has 2 heterocycles. The molecule has 2 atom stereocenters. The van der Waals surface area contributed by atoms with Gasteiger partial charge in [-0.25, -0.2) is 8.42 Å². The second kappa shape index (κ2) is 5.96. The Kier molecular flexibility index (Phi) is 4.38. The van der Waals surface area contributed by atoms with Crippen LogP contribution in [0, 0.1) is 6.92 Å². The molecule has 1 aliphatic heterocycles. The van der Waals surface area contributed by atoms with Crippen LogP contribution in [0.25, 0.3) is 0 Å². The van der Waals surface area contributed by atoms with Gasteiger partial charge in [0.1, 0.15) is 0 Å². The summed E-state index contributed by atoms with van der Waals surface area (Å²) in [6, 6.07) is 1.85. The molecule has 1 aromatic heterocycles. The number of thiophene rings is 1. The number of sulfonamides is 1. The zero-order chi connectivity index (χ0) is 15.0. The van der Waals surface area contributed by atoms with Gasteiger partial charge in [0.15, 0.2) is 0 Å². The fraction of sp³-hybridized carbons (Fsp3) is 0.714. The number of hydrogen-bond acceptors (Lipinski definition) is 5. The summed E-state index contributed by atoms with van der Waals surface area (Å²) in [4.78, 5) is 2.41. The van der Waals surface area contributed by atoms with Crippen LogP contribution < -0.4 is 5.32 Å². The van der Waals surface area contributed by atoms with Crippen LogP contribution in [0.1, 0.15) is 29.0 Å². The molecule has 118 valence electrons. The Labute approximate surface area is 130 Å². The Morgan fingerprint density at radius 1 is 1.48 bits per heavy atom. The molecular formula is C14H22N2O3S2. The van der Waals surface area contributed by atoms with E-state index in [1.54, 1.807) is 15.6 Å². The first-order valence-electron chi connectivity index (χ1n) is 7.41. The van der Waals surface area contributed by atoms with Gasteiger partial charge in [-0.05, 0) is 39.3 Å². The molecule has 7 heteroatoms. The molecule has 1 N–H and O–H groups in total. The van der Waals surface area contributed by atoms with Gasteiger partial charge < -0.3 is 10.1 Å². The highest BCUT2D eigenvalue weighted by molar-refractivity contribution is 7.89. The van der Waals surface area contributed by atoms with E-state index in [-0.39, 0.29) is 12.1 Å². The molecule has 0 bridgehead atoms. The van der Waals surface area contributed by atoms with E-state index < -0.39 is 10.0 Å². The minimum atomic E-state index is -3.41. The second-order valence-corrected chi connectivity index (χ2v) is 8.89. The lowest BCUT2D eigenvalue weighted by atomic mass is 10.2. The van der Waals surface area contributed by atoms with E-state index in [4.69, 9.17) is 4.74 Å². The third-order valence-electron chi connectivity index (χ3n) is 4.29. The summed E-state index contributed by atoms with van der Waals surface area (Å²) in [5.41, 5.74) is 0. The first-order chi connectivity index (χ1) is 10.0. The second-order valence-electron chi connectivity index (χ2n) is 5.69. The molecule has 21 heavy (non-hydrogen) atoms. The Balaban J connectivity index is 1.92. The summed E-state index contributed by atoms with van der Waals surface area (Å²) in [5.74, 6) is 0. The van der Waals surface area contributed by atoms with Crippen molar-refractivity contribution in [3.8, 4) is 0 Å². The highest BCUT2D eigenvalue weighted by Gasteiger charge is 2.42. The van der Waals surface area contributed by atoms with Crippen molar-refractivity contribution in [3.63, 3.8) is 0 Å². The van der Waals surface area contributed by atoms with Gasteiger partial charge in [0, 0.05) is 22.8 Å². The molecule has 0 spiro atoms. The summed E-state index contributed by atoms with van der Waals surface area (Å²) < 4.78 is 33.5. The smallest absolute Gasteiger partial charge is 0.244 e. The van der Waals surface area contributed by atoms with Gasteiger partial charge in [-0.3, -0.25) is 0 Å². The first-order valence-corrected chi connectivity index (χ1v) is 9.67. The minimum Gasteiger partial charge on any atom is -0.375 e. The van der Waals surface area contributed by atoms with Crippen LogP contribution in [-0.4, -0.2) is 45.1 Å². The Bertz CT molecular complexity index is 612. The lowest BCUT2D eigenvalue weighted by Crippen LogP contribution is -2.51. The van der Waals surface area contributed by atoms with E-state index in [2.05, 4.69) is 5.32 Å². The molecule has 5 nitrogen and oxygen atoms in total. The van der Waals surface area contributed by atoms with Crippen molar-refractivity contribution >= 4 is 21.4 Å². The van der Waals surface area contributed by atoms with Crippen LogP contribution in [0.3, 0.4) is 0 Å². The summed E-state index contributed by atoms with van der Waals surface area (Å²) >= 11 is 1.56. The normalized spacial score (nSPS) is 27.0. The van der Waals surface area contributed by atoms with E-state index in [0.717, 1.165) is 29.0 Å². The molecule has 1 saturated heterocycles. The van der Waals surface area contributed by atoms with Crippen molar-refractivity contribution in [1.82, 2.24) is 9.62 Å². The molecule has 2 unspecified atom stereocenters. The lowest BCUT2D eigenvalue weighted by Gasteiger charge is -2.36. The predicted octanol–water partition coefficient (Wildman–Crippen LogP) is 1.72. The quantitative estimate of drug-likeness (QED) is 0.913. The third-order valence-corrected chi connectivity index (χ3v) is 7.52. The number of hydrogen-bond donors (Lipinski definition) is 1. The van der Waals surface area contributed by atoms with Crippen LogP contribution in [0.4, 0.5) is 0 Å². The maximum Gasteiger partial charge on any atom is 0.244 e. The van der Waals surface area contributed by atoms with Gasteiger partial charge >= 0.3 is 0 Å². The summed E-state index contributed by atoms with van der Waals surface area (Å²) in [7, 11) is -1.54. The average Bonchev–Trinajstić information content (AvgIpc) is 3.05. The average molecular weight is 330 g/mol. The molecular weight excluding hydrogens is 308 g/mol. The van der Waals surface area contributed by atoms with E-state index >= 15 is 0 Å². The van der Waals surface area contributed by atoms with Crippen molar-refractivity contribution in [3.05, 3.63) is 15.8 Å². The van der Waals surface area contributed by atoms with E-state index in [1.165, 1.54) is 0 Å². The monoisotopic (exact) mass is 330 g/mol. The fourth-order valence-corrected chi connectivity index (χ4v) is 6.64. The van der Waals surface area contributed by atoms with Crippen molar-refractivity contribution in [2.75, 3.05) is 20.2 Å². The number of nitrogens with zero attached hydrogens (tertiary/aromatic N) is 1. The summed E-state index contributed by atoms with van der Waals surface area (Å²) in [6.45, 7) is 3.58. The Hall–Kier alpha value is -0.470. The van der Waals surface area contributed by atoms with Crippen LogP contribution in [-0.2, 0) is 21.3 Å². The lowest BCUT2D eigenvalue weighted by molar-refractivity contribution is -0.0241. The topological polar surface area (TPSA) is 58.6 Å². The van der Waals surface area contributed by atoms with Crippen molar-refractivity contribution in [2.24, 2.45) is 0 Å². The zero-order valence-corrected chi connectivity index (χ0v) is 14.1. The van der Waals surface area contributed by atoms with Crippen LogP contribution >= 0.6 is 11.3 Å². The molecule has 3 rings (SSSR count). The predicted molar refractivity (Wildman–Crippen MR) is 83.1 cm³/mol. The van der Waals surface area contributed by atoms with Gasteiger partial charge in [0.2, 0.25) is 10.0 Å². The van der Waals surface area contributed by atoms with Gasteiger partial charge in [0.25, 0.3) is 0 Å². The summed E-state index contributed by atoms with van der Waals surface area (Å²) in [6.07, 6.45) is 3.03. The van der Waals surface area contributed by atoms with Gasteiger partial charge in [-0.2, -0.15) is 4.31 Å². The van der Waals surface area contributed by atoms with Crippen LogP contribution in [0.15, 0.2) is 11.0 Å². The Morgan fingerprint density at radius 3 is 3.05 bits per heavy atom. The minimum absolute atomic E-state index is 0.0239. The molecule has 1 saturated carbocycles. The maximum atomic E-state index is 13.0. The highest BCUT2D eigenvalue weighted by atomic mass is 32.2. The first kappa shape index (κ1) is 15.4. The number of morpholine rings is 1. The fourth-order valence-electron chi connectivity index (χ4n) is 3.36. The molecule has 2 aliphatic rings. The van der Waals surface area contributed by atoms with E-state index in [9.17, 15) is 8.42 Å². The standard InChI is InChI=1S/C14H22N2O3S2/c1-10-14(8-11(20-10)9-15-2)21(17,18)16-6-7-19-13-5-3-4-12(13)16/h8,12-13,15H,3-7,9H2,1-2H3. The third kappa shape index (κ3) is 2.77. The highest BCUT2D eigenvalue weighted by Crippen LogP contribution is 2.35. The molecule has 0 aromatic carbocycles. The van der Waals surface area contributed by atoms with Crippen molar-refractivity contribution in [2.45, 2.75) is 49.8 Å². The number of rotatable bonds is 4. The Morgan fingerprint density at radius 2 is 2.29 bits per heavy atom. The summed E-state index contributed by atoms with van der Waals surface area (Å²) in [5, 5.41) is 3.07. The molecule has 2 fully saturated rings. The number of fused-ring (bicyclic) bond motifs is 1. The molecule has 0 radical (unpaired) electrons. The number of aryl methyl sites for hydroxylation is 1.